The average Bonchev–Trinajstić information content (AvgIpc) is 3.12. The van der Waals surface area contributed by atoms with Crippen LogP contribution in [0.2, 0.25) is 0 Å². The van der Waals surface area contributed by atoms with Gasteiger partial charge in [-0.2, -0.15) is 0 Å². The second kappa shape index (κ2) is 10.8. The highest BCUT2D eigenvalue weighted by Crippen LogP contribution is 2.35. The maximum atomic E-state index is 13.5. The Labute approximate surface area is 210 Å². The van der Waals surface area contributed by atoms with Gasteiger partial charge in [0, 0.05) is 19.5 Å². The van der Waals surface area contributed by atoms with Gasteiger partial charge in [-0.3, -0.25) is 4.79 Å². The Morgan fingerprint density at radius 3 is 2.61 bits per heavy atom. The number of carbonyl (C=O) groups excluding carboxylic acids is 2. The molecule has 1 aliphatic heterocycles. The van der Waals surface area contributed by atoms with E-state index >= 15 is 0 Å². The first-order valence-corrected chi connectivity index (χ1v) is 13.3. The van der Waals surface area contributed by atoms with E-state index in [0.29, 0.717) is 17.1 Å². The van der Waals surface area contributed by atoms with Crippen LogP contribution in [-0.4, -0.2) is 85.0 Å². The number of rotatable bonds is 7. The summed E-state index contributed by atoms with van der Waals surface area (Å²) in [5.74, 6) is -0.124. The predicted octanol–water partition coefficient (Wildman–Crippen LogP) is 2.05. The molecule has 2 aromatic rings. The monoisotopic (exact) mass is 523 g/mol. The van der Waals surface area contributed by atoms with Crippen LogP contribution in [0.15, 0.2) is 22.7 Å². The largest absolute Gasteiger partial charge is 0.486 e. The van der Waals surface area contributed by atoms with Gasteiger partial charge in [0.1, 0.15) is 17.5 Å². The minimum atomic E-state index is -3.50. The highest BCUT2D eigenvalue weighted by Gasteiger charge is 2.35. The number of aryl methyl sites for hydroxylation is 2. The van der Waals surface area contributed by atoms with Gasteiger partial charge in [-0.15, -0.1) is 0 Å². The van der Waals surface area contributed by atoms with Crippen molar-refractivity contribution in [3.63, 3.8) is 0 Å². The number of likely N-dealkylation sites (N-methyl/N-ethyl adjacent to an activating group) is 1. The second-order valence-electron chi connectivity index (χ2n) is 9.13. The van der Waals surface area contributed by atoms with Crippen molar-refractivity contribution in [2.75, 3.05) is 43.6 Å². The molecule has 0 unspecified atom stereocenters. The van der Waals surface area contributed by atoms with Gasteiger partial charge in [-0.1, -0.05) is 18.1 Å². The first kappa shape index (κ1) is 27.4. The molecule has 0 aliphatic carbocycles. The highest BCUT2D eigenvalue weighted by molar-refractivity contribution is 7.88. The van der Waals surface area contributed by atoms with Crippen LogP contribution in [-0.2, 0) is 10.0 Å². The predicted molar refractivity (Wildman–Crippen MR) is 134 cm³/mol. The quantitative estimate of drug-likeness (QED) is 0.498. The molecule has 1 aliphatic rings. The second-order valence-corrected chi connectivity index (χ2v) is 11.2. The van der Waals surface area contributed by atoms with Crippen LogP contribution >= 0.6 is 0 Å². The Hall–Kier alpha value is -3.16. The van der Waals surface area contributed by atoms with E-state index in [4.69, 9.17) is 9.26 Å². The van der Waals surface area contributed by atoms with E-state index in [9.17, 15) is 23.1 Å². The number of anilines is 2. The van der Waals surface area contributed by atoms with E-state index in [1.54, 1.807) is 39.0 Å². The molecule has 3 N–H and O–H groups in total. The van der Waals surface area contributed by atoms with E-state index in [1.165, 1.54) is 16.3 Å². The van der Waals surface area contributed by atoms with Crippen LogP contribution in [0.5, 0.6) is 5.75 Å². The fourth-order valence-electron chi connectivity index (χ4n) is 3.88. The number of urea groups is 1. The topological polar surface area (TPSA) is 154 Å². The van der Waals surface area contributed by atoms with Crippen molar-refractivity contribution in [1.82, 2.24) is 14.4 Å². The van der Waals surface area contributed by atoms with Crippen molar-refractivity contribution in [2.45, 2.75) is 39.8 Å². The smallest absolute Gasteiger partial charge is 0.323 e. The zero-order valence-electron chi connectivity index (χ0n) is 21.2. The molecule has 0 bridgehead atoms. The number of benzene rings is 1. The molecular formula is C23H33N5O7S. The van der Waals surface area contributed by atoms with E-state index in [0.717, 1.165) is 6.26 Å². The lowest BCUT2D eigenvalue weighted by Crippen LogP contribution is -2.50. The maximum absolute atomic E-state index is 13.5. The Balaban J connectivity index is 2.01. The molecule has 3 rings (SSSR count). The number of fused-ring (bicyclic) bond motifs is 1. The van der Waals surface area contributed by atoms with E-state index < -0.39 is 28.2 Å². The molecule has 1 aromatic heterocycles. The molecule has 0 radical (unpaired) electrons. The van der Waals surface area contributed by atoms with Crippen molar-refractivity contribution in [3.05, 3.63) is 35.2 Å². The van der Waals surface area contributed by atoms with Gasteiger partial charge in [-0.25, -0.2) is 17.5 Å². The van der Waals surface area contributed by atoms with Gasteiger partial charge >= 0.3 is 6.03 Å². The number of hydrogen-bond donors (Lipinski definition) is 3. The van der Waals surface area contributed by atoms with Crippen LogP contribution in [0.3, 0.4) is 0 Å². The summed E-state index contributed by atoms with van der Waals surface area (Å²) < 4.78 is 36.7. The Kier molecular flexibility index (Phi) is 8.26. The van der Waals surface area contributed by atoms with Crippen molar-refractivity contribution in [2.24, 2.45) is 5.92 Å². The van der Waals surface area contributed by atoms with Crippen LogP contribution in [0.1, 0.15) is 35.7 Å². The molecule has 12 nitrogen and oxygen atoms in total. The molecule has 0 fully saturated rings. The molecule has 1 aromatic carbocycles. The third-order valence-electron chi connectivity index (χ3n) is 6.21. The molecule has 2 heterocycles. The standard InChI is InChI=1S/C23H33N5O7S/c1-13-10-28(14(2)12-29)22(30)17-8-7-9-18(21(17)34-19(13)11-27(5)36(6,32)33)24-23(31)25-20-15(3)26-35-16(20)4/h7-9,13-14,19,29H,10-12H2,1-6H3,(H2,24,25,31)/t13-,14-,19-/m0/s1. The summed E-state index contributed by atoms with van der Waals surface area (Å²) >= 11 is 0. The molecule has 3 amide bonds. The lowest BCUT2D eigenvalue weighted by atomic mass is 9.99. The molecule has 0 saturated heterocycles. The van der Waals surface area contributed by atoms with Gasteiger partial charge in [0.05, 0.1) is 36.7 Å². The summed E-state index contributed by atoms with van der Waals surface area (Å²) in [6, 6.07) is 3.67. The molecule has 0 spiro atoms. The number of aromatic nitrogens is 1. The number of aliphatic hydroxyl groups is 1. The summed E-state index contributed by atoms with van der Waals surface area (Å²) in [5.41, 5.74) is 1.34. The number of nitrogens with zero attached hydrogens (tertiary/aromatic N) is 3. The normalized spacial score (nSPS) is 19.2. The van der Waals surface area contributed by atoms with Crippen molar-refractivity contribution in [1.29, 1.82) is 0 Å². The number of aliphatic hydroxyl groups excluding tert-OH is 1. The van der Waals surface area contributed by atoms with Crippen LogP contribution < -0.4 is 15.4 Å². The summed E-state index contributed by atoms with van der Waals surface area (Å²) in [7, 11) is -2.05. The minimum absolute atomic E-state index is 0.0224. The summed E-state index contributed by atoms with van der Waals surface area (Å²) in [4.78, 5) is 27.8. The van der Waals surface area contributed by atoms with Gasteiger partial charge in [0.15, 0.2) is 11.5 Å². The Bertz CT molecular complexity index is 1210. The number of ether oxygens (including phenoxy) is 1. The number of nitrogens with one attached hydrogen (secondary N) is 2. The van der Waals surface area contributed by atoms with Crippen molar-refractivity contribution >= 4 is 33.3 Å². The average molecular weight is 524 g/mol. The van der Waals surface area contributed by atoms with E-state index in [2.05, 4.69) is 15.8 Å². The zero-order valence-corrected chi connectivity index (χ0v) is 22.0. The Morgan fingerprint density at radius 2 is 2.03 bits per heavy atom. The molecule has 0 saturated carbocycles. The molecule has 3 atom stereocenters. The number of para-hydroxylation sites is 1. The van der Waals surface area contributed by atoms with Crippen LogP contribution in [0, 0.1) is 19.8 Å². The van der Waals surface area contributed by atoms with E-state index in [1.807, 2.05) is 6.92 Å². The molecular weight excluding hydrogens is 490 g/mol. The summed E-state index contributed by atoms with van der Waals surface area (Å²) in [6.45, 7) is 6.94. The molecule has 198 valence electrons. The highest BCUT2D eigenvalue weighted by atomic mass is 32.2. The maximum Gasteiger partial charge on any atom is 0.323 e. The van der Waals surface area contributed by atoms with Gasteiger partial charge in [-0.05, 0) is 32.9 Å². The minimum Gasteiger partial charge on any atom is -0.486 e. The summed E-state index contributed by atoms with van der Waals surface area (Å²) in [6.07, 6.45) is 0.447. The van der Waals surface area contributed by atoms with Gasteiger partial charge in [0.25, 0.3) is 5.91 Å². The van der Waals surface area contributed by atoms with Crippen LogP contribution in [0.25, 0.3) is 0 Å². The number of carbonyl (C=O) groups is 2. The van der Waals surface area contributed by atoms with Gasteiger partial charge in [0.2, 0.25) is 10.0 Å². The Morgan fingerprint density at radius 1 is 1.33 bits per heavy atom. The number of amides is 3. The molecule has 36 heavy (non-hydrogen) atoms. The van der Waals surface area contributed by atoms with Crippen LogP contribution in [0.4, 0.5) is 16.2 Å². The lowest BCUT2D eigenvalue weighted by molar-refractivity contribution is 0.0389. The number of hydrogen-bond acceptors (Lipinski definition) is 8. The lowest BCUT2D eigenvalue weighted by Gasteiger charge is -2.38. The summed E-state index contributed by atoms with van der Waals surface area (Å²) in [5, 5.41) is 19.0. The fourth-order valence-corrected chi connectivity index (χ4v) is 4.29. The van der Waals surface area contributed by atoms with Gasteiger partial charge < -0.3 is 29.9 Å². The third-order valence-corrected chi connectivity index (χ3v) is 7.50. The van der Waals surface area contributed by atoms with Crippen molar-refractivity contribution < 1.29 is 32.4 Å². The molecule has 13 heteroatoms. The first-order chi connectivity index (χ1) is 16.8. The SMILES string of the molecule is Cc1noc(C)c1NC(=O)Nc1cccc2c1O[C@@H](CN(C)S(C)(=O)=O)[C@@H](C)CN([C@@H](C)CO)C2=O. The number of sulfonamides is 1. The fraction of sp³-hybridized carbons (Fsp3) is 0.522. The zero-order chi connectivity index (χ0) is 26.8. The van der Waals surface area contributed by atoms with Crippen molar-refractivity contribution in [3.8, 4) is 5.75 Å². The first-order valence-electron chi connectivity index (χ1n) is 11.5. The third kappa shape index (κ3) is 5.97. The van der Waals surface area contributed by atoms with E-state index in [-0.39, 0.29) is 48.5 Å².